The van der Waals surface area contributed by atoms with Crippen molar-refractivity contribution in [3.05, 3.63) is 17.8 Å². The average Bonchev–Trinajstić information content (AvgIpc) is 2.46. The molecular weight excluding hydrogens is 186 g/mol. The van der Waals surface area contributed by atoms with Gasteiger partial charge in [-0.05, 0) is 0 Å². The van der Waals surface area contributed by atoms with E-state index >= 15 is 0 Å². The lowest BCUT2D eigenvalue weighted by Gasteiger charge is -2.20. The standard InChI is InChI=1S/C8H11N3OS/c9-3-1-2-7-10-8(11-12-7)6-4-13-5-6/h1-2,6H,3-5,9H2/b2-1+. The second-order valence-electron chi connectivity index (χ2n) is 2.86. The van der Waals surface area contributed by atoms with Gasteiger partial charge in [0.1, 0.15) is 0 Å². The van der Waals surface area contributed by atoms with Crippen LogP contribution in [0.3, 0.4) is 0 Å². The molecule has 4 nitrogen and oxygen atoms in total. The average molecular weight is 197 g/mol. The van der Waals surface area contributed by atoms with Crippen LogP contribution in [0.5, 0.6) is 0 Å². The first kappa shape index (κ1) is 8.77. The molecule has 2 N–H and O–H groups in total. The van der Waals surface area contributed by atoms with Crippen molar-refractivity contribution in [3.63, 3.8) is 0 Å². The van der Waals surface area contributed by atoms with Crippen molar-refractivity contribution in [1.29, 1.82) is 0 Å². The van der Waals surface area contributed by atoms with Crippen molar-refractivity contribution < 1.29 is 4.52 Å². The highest BCUT2D eigenvalue weighted by molar-refractivity contribution is 8.00. The van der Waals surface area contributed by atoms with E-state index in [0.29, 0.717) is 18.4 Å². The third kappa shape index (κ3) is 1.92. The minimum Gasteiger partial charge on any atom is -0.335 e. The molecule has 2 rings (SSSR count). The summed E-state index contributed by atoms with van der Waals surface area (Å²) in [6.45, 7) is 0.497. The molecule has 0 unspecified atom stereocenters. The summed E-state index contributed by atoms with van der Waals surface area (Å²) in [5.74, 6) is 4.10. The lowest BCUT2D eigenvalue weighted by Crippen LogP contribution is -2.16. The number of rotatable bonds is 3. The first-order chi connectivity index (χ1) is 6.40. The zero-order valence-electron chi connectivity index (χ0n) is 7.14. The Labute approximate surface area is 80.6 Å². The van der Waals surface area contributed by atoms with Gasteiger partial charge in [-0.25, -0.2) is 0 Å². The Bertz CT molecular complexity index is 306. The lowest BCUT2D eigenvalue weighted by atomic mass is 10.2. The van der Waals surface area contributed by atoms with Crippen molar-refractivity contribution in [3.8, 4) is 0 Å². The zero-order chi connectivity index (χ0) is 9.10. The van der Waals surface area contributed by atoms with Gasteiger partial charge >= 0.3 is 0 Å². The molecule has 1 saturated heterocycles. The van der Waals surface area contributed by atoms with Gasteiger partial charge in [-0.1, -0.05) is 11.2 Å². The summed E-state index contributed by atoms with van der Waals surface area (Å²) in [6, 6.07) is 0. The fourth-order valence-corrected chi connectivity index (χ4v) is 1.80. The summed E-state index contributed by atoms with van der Waals surface area (Å²) >= 11 is 1.91. The number of thioether (sulfide) groups is 1. The summed E-state index contributed by atoms with van der Waals surface area (Å²) in [7, 11) is 0. The minimum absolute atomic E-state index is 0.494. The van der Waals surface area contributed by atoms with Gasteiger partial charge in [-0.3, -0.25) is 0 Å². The predicted molar refractivity (Wildman–Crippen MR) is 52.5 cm³/mol. The second kappa shape index (κ2) is 3.93. The summed E-state index contributed by atoms with van der Waals surface area (Å²) < 4.78 is 5.01. The Morgan fingerprint density at radius 2 is 2.46 bits per heavy atom. The smallest absolute Gasteiger partial charge is 0.250 e. The largest absolute Gasteiger partial charge is 0.335 e. The fourth-order valence-electron chi connectivity index (χ4n) is 1.03. The van der Waals surface area contributed by atoms with Crippen LogP contribution in [0.1, 0.15) is 17.6 Å². The highest BCUT2D eigenvalue weighted by atomic mass is 32.2. The van der Waals surface area contributed by atoms with Crippen LogP contribution in [0.4, 0.5) is 0 Å². The molecule has 70 valence electrons. The summed E-state index contributed by atoms with van der Waals surface area (Å²) in [6.07, 6.45) is 3.55. The van der Waals surface area contributed by atoms with E-state index in [2.05, 4.69) is 10.1 Å². The first-order valence-electron chi connectivity index (χ1n) is 4.18. The van der Waals surface area contributed by atoms with Gasteiger partial charge in [0.2, 0.25) is 5.89 Å². The molecule has 1 aromatic heterocycles. The summed E-state index contributed by atoms with van der Waals surface area (Å²) in [4.78, 5) is 4.24. The molecule has 0 spiro atoms. The lowest BCUT2D eigenvalue weighted by molar-refractivity contribution is 0.400. The molecule has 0 bridgehead atoms. The minimum atomic E-state index is 0.494. The van der Waals surface area contributed by atoms with Gasteiger partial charge in [0.05, 0.1) is 0 Å². The molecule has 1 aliphatic rings. The maximum absolute atomic E-state index is 5.30. The third-order valence-corrected chi connectivity index (χ3v) is 3.13. The Morgan fingerprint density at radius 3 is 3.08 bits per heavy atom. The van der Waals surface area contributed by atoms with E-state index in [1.165, 1.54) is 0 Å². The highest BCUT2D eigenvalue weighted by Crippen LogP contribution is 2.31. The number of hydrogen-bond acceptors (Lipinski definition) is 5. The van der Waals surface area contributed by atoms with Crippen LogP contribution >= 0.6 is 11.8 Å². The molecule has 13 heavy (non-hydrogen) atoms. The number of hydrogen-bond donors (Lipinski definition) is 1. The molecule has 0 aliphatic carbocycles. The van der Waals surface area contributed by atoms with Gasteiger partial charge in [0.25, 0.3) is 0 Å². The van der Waals surface area contributed by atoms with Crippen LogP contribution in [-0.4, -0.2) is 28.2 Å². The van der Waals surface area contributed by atoms with E-state index < -0.39 is 0 Å². The van der Waals surface area contributed by atoms with Crippen LogP contribution in [0, 0.1) is 0 Å². The van der Waals surface area contributed by atoms with Gasteiger partial charge in [0.15, 0.2) is 5.82 Å². The quantitative estimate of drug-likeness (QED) is 0.779. The molecule has 0 atom stereocenters. The SMILES string of the molecule is NC/C=C/c1nc(C2CSC2)no1. The molecule has 1 fully saturated rings. The number of nitrogens with two attached hydrogens (primary N) is 1. The van der Waals surface area contributed by atoms with E-state index in [-0.39, 0.29) is 0 Å². The van der Waals surface area contributed by atoms with Crippen molar-refractivity contribution in [2.24, 2.45) is 5.73 Å². The van der Waals surface area contributed by atoms with Crippen molar-refractivity contribution in [2.75, 3.05) is 18.1 Å². The molecule has 0 aromatic carbocycles. The van der Waals surface area contributed by atoms with Crippen LogP contribution in [0.15, 0.2) is 10.6 Å². The van der Waals surface area contributed by atoms with Gasteiger partial charge in [-0.15, -0.1) is 0 Å². The summed E-state index contributed by atoms with van der Waals surface area (Å²) in [5.41, 5.74) is 5.30. The predicted octanol–water partition coefficient (Wildman–Crippen LogP) is 0.872. The van der Waals surface area contributed by atoms with Gasteiger partial charge < -0.3 is 10.3 Å². The van der Waals surface area contributed by atoms with Gasteiger partial charge in [-0.2, -0.15) is 16.7 Å². The molecule has 0 saturated carbocycles. The molecular formula is C8H11N3OS. The Morgan fingerprint density at radius 1 is 1.62 bits per heavy atom. The van der Waals surface area contributed by atoms with E-state index in [1.54, 1.807) is 12.2 Å². The fraction of sp³-hybridized carbons (Fsp3) is 0.500. The summed E-state index contributed by atoms with van der Waals surface area (Å²) in [5, 5.41) is 3.90. The zero-order valence-corrected chi connectivity index (χ0v) is 7.96. The molecule has 5 heteroatoms. The van der Waals surface area contributed by atoms with Crippen molar-refractivity contribution in [1.82, 2.24) is 10.1 Å². The molecule has 0 radical (unpaired) electrons. The topological polar surface area (TPSA) is 64.9 Å². The Hall–Kier alpha value is -0.810. The van der Waals surface area contributed by atoms with E-state index in [0.717, 1.165) is 17.3 Å². The van der Waals surface area contributed by atoms with E-state index in [9.17, 15) is 0 Å². The molecule has 0 amide bonds. The number of aromatic nitrogens is 2. The molecule has 1 aliphatic heterocycles. The van der Waals surface area contributed by atoms with E-state index in [4.69, 9.17) is 10.3 Å². The first-order valence-corrected chi connectivity index (χ1v) is 5.33. The Balaban J connectivity index is 2.04. The normalized spacial score (nSPS) is 17.9. The van der Waals surface area contributed by atoms with Crippen LogP contribution in [0.25, 0.3) is 6.08 Å². The van der Waals surface area contributed by atoms with E-state index in [1.807, 2.05) is 11.8 Å². The van der Waals surface area contributed by atoms with Crippen LogP contribution < -0.4 is 5.73 Å². The maximum Gasteiger partial charge on any atom is 0.250 e. The molecule has 1 aromatic rings. The van der Waals surface area contributed by atoms with Crippen molar-refractivity contribution in [2.45, 2.75) is 5.92 Å². The second-order valence-corrected chi connectivity index (χ2v) is 3.94. The third-order valence-electron chi connectivity index (χ3n) is 1.86. The monoisotopic (exact) mass is 197 g/mol. The maximum atomic E-state index is 5.30. The van der Waals surface area contributed by atoms with Crippen LogP contribution in [-0.2, 0) is 0 Å². The molecule has 2 heterocycles. The van der Waals surface area contributed by atoms with Crippen molar-refractivity contribution >= 4 is 17.8 Å². The van der Waals surface area contributed by atoms with Crippen LogP contribution in [0.2, 0.25) is 0 Å². The number of nitrogens with zero attached hydrogens (tertiary/aromatic N) is 2. The Kier molecular flexibility index (Phi) is 2.65. The van der Waals surface area contributed by atoms with Gasteiger partial charge in [0, 0.05) is 30.0 Å². The highest BCUT2D eigenvalue weighted by Gasteiger charge is 2.24.